The second-order valence-electron chi connectivity index (χ2n) is 4.40. The fourth-order valence-electron chi connectivity index (χ4n) is 2.02. The Bertz CT molecular complexity index is 556. The molecular weight excluding hydrogens is 301 g/mol. The van der Waals surface area contributed by atoms with E-state index in [1.54, 1.807) is 0 Å². The van der Waals surface area contributed by atoms with Crippen LogP contribution in [0.25, 0.3) is 0 Å². The Hall–Kier alpha value is -1.14. The molecule has 5 nitrogen and oxygen atoms in total. The van der Waals surface area contributed by atoms with Crippen molar-refractivity contribution < 1.29 is 9.26 Å². The zero-order chi connectivity index (χ0) is 13.1. The van der Waals surface area contributed by atoms with Gasteiger partial charge in [0.1, 0.15) is 0 Å². The molecule has 7 heteroatoms. The quantitative estimate of drug-likeness (QED) is 0.942. The second-order valence-corrected chi connectivity index (χ2v) is 4.80. The Morgan fingerprint density at radius 3 is 2.95 bits per heavy atom. The first kappa shape index (κ1) is 15.3. The van der Waals surface area contributed by atoms with Crippen LogP contribution in [0.4, 0.5) is 0 Å². The van der Waals surface area contributed by atoms with Gasteiger partial charge in [-0.15, -0.1) is 12.4 Å². The van der Waals surface area contributed by atoms with Crippen LogP contribution in [0.5, 0.6) is 0 Å². The number of benzene rings is 1. The molecule has 0 saturated carbocycles. The minimum atomic E-state index is 0. The van der Waals surface area contributed by atoms with Gasteiger partial charge in [-0.3, -0.25) is 0 Å². The van der Waals surface area contributed by atoms with Crippen molar-refractivity contribution in [1.82, 2.24) is 15.5 Å². The van der Waals surface area contributed by atoms with Crippen molar-refractivity contribution in [1.29, 1.82) is 0 Å². The molecule has 108 valence electrons. The maximum Gasteiger partial charge on any atom is 0.231 e. The lowest BCUT2D eigenvalue weighted by molar-refractivity contribution is 0.0734. The predicted molar refractivity (Wildman–Crippen MR) is 77.4 cm³/mol. The lowest BCUT2D eigenvalue weighted by Gasteiger charge is -2.20. The van der Waals surface area contributed by atoms with Crippen LogP contribution in [-0.2, 0) is 11.2 Å². The van der Waals surface area contributed by atoms with Crippen LogP contribution < -0.4 is 5.32 Å². The number of nitrogens with zero attached hydrogens (tertiary/aromatic N) is 2. The van der Waals surface area contributed by atoms with Gasteiger partial charge < -0.3 is 14.6 Å². The summed E-state index contributed by atoms with van der Waals surface area (Å²) < 4.78 is 10.6. The number of halogens is 2. The van der Waals surface area contributed by atoms with E-state index in [1.807, 2.05) is 24.3 Å². The molecule has 1 N–H and O–H groups in total. The first-order valence-electron chi connectivity index (χ1n) is 6.20. The summed E-state index contributed by atoms with van der Waals surface area (Å²) in [6, 6.07) is 7.65. The van der Waals surface area contributed by atoms with Gasteiger partial charge in [0.15, 0.2) is 5.82 Å². The van der Waals surface area contributed by atoms with Crippen molar-refractivity contribution in [2.45, 2.75) is 12.5 Å². The summed E-state index contributed by atoms with van der Waals surface area (Å²) in [6.07, 6.45) is 0.542. The average molecular weight is 316 g/mol. The fraction of sp³-hybridized carbons (Fsp3) is 0.385. The van der Waals surface area contributed by atoms with Gasteiger partial charge in [0.2, 0.25) is 5.89 Å². The molecule has 1 aliphatic heterocycles. The van der Waals surface area contributed by atoms with Gasteiger partial charge in [-0.1, -0.05) is 35.0 Å². The number of hydrogen-bond donors (Lipinski definition) is 1. The minimum Gasteiger partial charge on any atom is -0.378 e. The summed E-state index contributed by atoms with van der Waals surface area (Å²) in [7, 11) is 0. The Morgan fingerprint density at radius 1 is 1.35 bits per heavy atom. The van der Waals surface area contributed by atoms with E-state index in [2.05, 4.69) is 15.5 Å². The first-order chi connectivity index (χ1) is 9.33. The largest absolute Gasteiger partial charge is 0.378 e. The molecule has 0 bridgehead atoms. The molecule has 1 aromatic heterocycles. The molecule has 1 saturated heterocycles. The highest BCUT2D eigenvalue weighted by Crippen LogP contribution is 2.19. The number of rotatable bonds is 3. The first-order valence-corrected chi connectivity index (χ1v) is 6.58. The molecule has 20 heavy (non-hydrogen) atoms. The third kappa shape index (κ3) is 3.49. The highest BCUT2D eigenvalue weighted by atomic mass is 35.5. The summed E-state index contributed by atoms with van der Waals surface area (Å²) in [6.45, 7) is 2.10. The molecule has 1 aliphatic rings. The number of aromatic nitrogens is 2. The lowest BCUT2D eigenvalue weighted by atomic mass is 10.1. The van der Waals surface area contributed by atoms with E-state index in [0.29, 0.717) is 29.8 Å². The van der Waals surface area contributed by atoms with Gasteiger partial charge in [0, 0.05) is 11.6 Å². The van der Waals surface area contributed by atoms with Gasteiger partial charge in [-0.25, -0.2) is 0 Å². The van der Waals surface area contributed by atoms with E-state index in [4.69, 9.17) is 20.9 Å². The van der Waals surface area contributed by atoms with Crippen LogP contribution in [0.3, 0.4) is 0 Å². The monoisotopic (exact) mass is 315 g/mol. The molecule has 1 atom stereocenters. The van der Waals surface area contributed by atoms with Gasteiger partial charge in [-0.2, -0.15) is 4.98 Å². The van der Waals surface area contributed by atoms with E-state index in [9.17, 15) is 0 Å². The zero-order valence-electron chi connectivity index (χ0n) is 10.7. The maximum absolute atomic E-state index is 6.11. The van der Waals surface area contributed by atoms with Crippen LogP contribution in [0.2, 0.25) is 5.02 Å². The third-order valence-corrected chi connectivity index (χ3v) is 3.39. The smallest absolute Gasteiger partial charge is 0.231 e. The summed E-state index contributed by atoms with van der Waals surface area (Å²) in [5.41, 5.74) is 0.979. The van der Waals surface area contributed by atoms with Crippen LogP contribution >= 0.6 is 24.0 Å². The summed E-state index contributed by atoms with van der Waals surface area (Å²) >= 11 is 6.11. The van der Waals surface area contributed by atoms with E-state index in [0.717, 1.165) is 18.7 Å². The van der Waals surface area contributed by atoms with Crippen molar-refractivity contribution in [3.63, 3.8) is 0 Å². The summed E-state index contributed by atoms with van der Waals surface area (Å²) in [4.78, 5) is 4.39. The van der Waals surface area contributed by atoms with Crippen molar-refractivity contribution >= 4 is 24.0 Å². The number of nitrogens with one attached hydrogen (secondary N) is 1. The van der Waals surface area contributed by atoms with Crippen molar-refractivity contribution in [2.24, 2.45) is 0 Å². The van der Waals surface area contributed by atoms with E-state index in [-0.39, 0.29) is 18.4 Å². The summed E-state index contributed by atoms with van der Waals surface area (Å²) in [5.74, 6) is 1.21. The van der Waals surface area contributed by atoms with E-state index in [1.165, 1.54) is 0 Å². The van der Waals surface area contributed by atoms with Crippen LogP contribution in [0.1, 0.15) is 23.3 Å². The molecule has 1 unspecified atom stereocenters. The Balaban J connectivity index is 0.00000147. The van der Waals surface area contributed by atoms with Crippen LogP contribution in [0, 0.1) is 0 Å². The van der Waals surface area contributed by atoms with Gasteiger partial charge in [0.05, 0.1) is 25.7 Å². The molecule has 1 aromatic carbocycles. The minimum absolute atomic E-state index is 0. The topological polar surface area (TPSA) is 60.2 Å². The van der Waals surface area contributed by atoms with E-state index >= 15 is 0 Å². The van der Waals surface area contributed by atoms with Crippen molar-refractivity contribution in [2.75, 3.05) is 19.8 Å². The Morgan fingerprint density at radius 2 is 2.20 bits per heavy atom. The normalized spacial score (nSPS) is 18.6. The lowest BCUT2D eigenvalue weighted by Crippen LogP contribution is -2.35. The molecule has 0 aliphatic carbocycles. The second kappa shape index (κ2) is 7.04. The van der Waals surface area contributed by atoms with Crippen molar-refractivity contribution in [3.8, 4) is 0 Å². The number of ether oxygens (including phenoxy) is 1. The molecule has 0 spiro atoms. The molecule has 3 rings (SSSR count). The van der Waals surface area contributed by atoms with E-state index < -0.39 is 0 Å². The highest BCUT2D eigenvalue weighted by molar-refractivity contribution is 6.31. The Labute approximate surface area is 128 Å². The number of hydrogen-bond acceptors (Lipinski definition) is 5. The molecule has 2 heterocycles. The molecule has 2 aromatic rings. The number of morpholine rings is 1. The maximum atomic E-state index is 6.11. The molecule has 0 radical (unpaired) electrons. The highest BCUT2D eigenvalue weighted by Gasteiger charge is 2.21. The Kier molecular flexibility index (Phi) is 5.37. The van der Waals surface area contributed by atoms with Gasteiger partial charge in [0.25, 0.3) is 0 Å². The van der Waals surface area contributed by atoms with Crippen LogP contribution in [-0.4, -0.2) is 29.9 Å². The van der Waals surface area contributed by atoms with Gasteiger partial charge >= 0.3 is 0 Å². The van der Waals surface area contributed by atoms with Gasteiger partial charge in [-0.05, 0) is 11.6 Å². The average Bonchev–Trinajstić information content (AvgIpc) is 2.91. The fourth-order valence-corrected chi connectivity index (χ4v) is 2.22. The predicted octanol–water partition coefficient (Wildman–Crippen LogP) is 2.40. The summed E-state index contributed by atoms with van der Waals surface area (Å²) in [5, 5.41) is 7.99. The standard InChI is InChI=1S/C13H14ClN3O2.ClH/c14-10-4-2-1-3-9(10)7-12-16-13(17-19-12)11-8-18-6-5-15-11;/h1-4,11,15H,5-8H2;1H. The SMILES string of the molecule is Cl.Clc1ccccc1Cc1nc(C2COCCN2)no1. The van der Waals surface area contributed by atoms with Crippen LogP contribution in [0.15, 0.2) is 28.8 Å². The molecule has 1 fully saturated rings. The third-order valence-electron chi connectivity index (χ3n) is 3.02. The molecular formula is C13H15Cl2N3O2. The van der Waals surface area contributed by atoms with Crippen molar-refractivity contribution in [3.05, 3.63) is 46.6 Å². The zero-order valence-corrected chi connectivity index (χ0v) is 12.3. The molecule has 0 amide bonds.